The molecule has 1 rings (SSSR count). The summed E-state index contributed by atoms with van der Waals surface area (Å²) in [5.41, 5.74) is 14.2. The van der Waals surface area contributed by atoms with Gasteiger partial charge in [-0.3, -0.25) is 4.79 Å². The van der Waals surface area contributed by atoms with Crippen molar-refractivity contribution in [3.63, 3.8) is 0 Å². The van der Waals surface area contributed by atoms with E-state index in [1.165, 1.54) is 5.57 Å². The fourth-order valence-electron chi connectivity index (χ4n) is 1.64. The Hall–Kier alpha value is -1.09. The van der Waals surface area contributed by atoms with Crippen LogP contribution < -0.4 is 11.5 Å². The van der Waals surface area contributed by atoms with E-state index < -0.39 is 11.9 Å². The quantitative estimate of drug-likeness (QED) is 0.661. The van der Waals surface area contributed by atoms with Crippen LogP contribution in [0.4, 0.5) is 0 Å². The molecule has 0 aromatic rings. The number of carbonyl (C=O) groups is 1. The van der Waals surface area contributed by atoms with Crippen molar-refractivity contribution in [3.05, 3.63) is 22.8 Å². The zero-order valence-electron chi connectivity index (χ0n) is 8.13. The van der Waals surface area contributed by atoms with Crippen molar-refractivity contribution in [2.75, 3.05) is 0 Å². The first-order valence-corrected chi connectivity index (χ1v) is 4.44. The van der Waals surface area contributed by atoms with E-state index in [0.29, 0.717) is 0 Å². The highest BCUT2D eigenvalue weighted by Crippen LogP contribution is 2.24. The standard InChI is InChI=1S/C10H16N2O/c1-6-3-4-8(7(2)5-6)9(11)10(12)13/h5,9H,3-4,11H2,1-2H3,(H2,12,13). The fourth-order valence-corrected chi connectivity index (χ4v) is 1.64. The number of nitrogens with two attached hydrogens (primary N) is 2. The average Bonchev–Trinajstić information content (AvgIpc) is 2.03. The molecule has 0 saturated carbocycles. The third kappa shape index (κ3) is 2.18. The molecular weight excluding hydrogens is 164 g/mol. The Morgan fingerprint density at radius 2 is 2.08 bits per heavy atom. The highest BCUT2D eigenvalue weighted by atomic mass is 16.1. The molecule has 0 fully saturated rings. The van der Waals surface area contributed by atoms with Crippen molar-refractivity contribution in [2.45, 2.75) is 32.7 Å². The largest absolute Gasteiger partial charge is 0.368 e. The Morgan fingerprint density at radius 1 is 1.46 bits per heavy atom. The van der Waals surface area contributed by atoms with E-state index in [-0.39, 0.29) is 0 Å². The molecule has 1 aliphatic carbocycles. The second kappa shape index (κ2) is 3.75. The van der Waals surface area contributed by atoms with Crippen LogP contribution in [0.1, 0.15) is 26.7 Å². The summed E-state index contributed by atoms with van der Waals surface area (Å²) >= 11 is 0. The molecule has 1 unspecified atom stereocenters. The smallest absolute Gasteiger partial charge is 0.238 e. The number of rotatable bonds is 2. The molecule has 1 amide bonds. The predicted octanol–water partition coefficient (Wildman–Crippen LogP) is 0.856. The van der Waals surface area contributed by atoms with Gasteiger partial charge < -0.3 is 11.5 Å². The second-order valence-corrected chi connectivity index (χ2v) is 3.58. The molecule has 1 atom stereocenters. The first-order valence-electron chi connectivity index (χ1n) is 4.44. The van der Waals surface area contributed by atoms with Gasteiger partial charge in [-0.25, -0.2) is 0 Å². The van der Waals surface area contributed by atoms with Crippen LogP contribution in [0.3, 0.4) is 0 Å². The topological polar surface area (TPSA) is 69.1 Å². The number of allylic oxidation sites excluding steroid dienone is 3. The molecule has 0 radical (unpaired) electrons. The summed E-state index contributed by atoms with van der Waals surface area (Å²) in [4.78, 5) is 10.9. The molecule has 4 N–H and O–H groups in total. The molecule has 13 heavy (non-hydrogen) atoms. The minimum atomic E-state index is -0.607. The summed E-state index contributed by atoms with van der Waals surface area (Å²) < 4.78 is 0. The lowest BCUT2D eigenvalue weighted by Gasteiger charge is -2.19. The molecule has 3 nitrogen and oxygen atoms in total. The van der Waals surface area contributed by atoms with Gasteiger partial charge in [-0.2, -0.15) is 0 Å². The van der Waals surface area contributed by atoms with Gasteiger partial charge in [0.25, 0.3) is 0 Å². The van der Waals surface area contributed by atoms with E-state index in [1.807, 2.05) is 6.92 Å². The average molecular weight is 180 g/mol. The van der Waals surface area contributed by atoms with Crippen molar-refractivity contribution < 1.29 is 4.79 Å². The zero-order valence-corrected chi connectivity index (χ0v) is 8.13. The minimum Gasteiger partial charge on any atom is -0.368 e. The lowest BCUT2D eigenvalue weighted by molar-refractivity contribution is -0.118. The van der Waals surface area contributed by atoms with Crippen LogP contribution in [0, 0.1) is 0 Å². The normalized spacial score (nSPS) is 19.8. The van der Waals surface area contributed by atoms with Gasteiger partial charge in [-0.1, -0.05) is 11.6 Å². The predicted molar refractivity (Wildman–Crippen MR) is 52.9 cm³/mol. The number of hydrogen-bond acceptors (Lipinski definition) is 2. The molecule has 0 aliphatic heterocycles. The first kappa shape index (κ1) is 9.99. The van der Waals surface area contributed by atoms with Crippen molar-refractivity contribution in [1.82, 2.24) is 0 Å². The van der Waals surface area contributed by atoms with Crippen molar-refractivity contribution in [2.24, 2.45) is 11.5 Å². The lowest BCUT2D eigenvalue weighted by Crippen LogP contribution is -2.38. The van der Waals surface area contributed by atoms with Gasteiger partial charge in [-0.15, -0.1) is 0 Å². The maximum atomic E-state index is 10.9. The summed E-state index contributed by atoms with van der Waals surface area (Å²) in [6.07, 6.45) is 3.91. The Kier molecular flexibility index (Phi) is 2.88. The third-order valence-corrected chi connectivity index (χ3v) is 2.44. The van der Waals surface area contributed by atoms with Gasteiger partial charge in [0.2, 0.25) is 5.91 Å². The van der Waals surface area contributed by atoms with E-state index in [1.54, 1.807) is 0 Å². The van der Waals surface area contributed by atoms with Gasteiger partial charge in [0.05, 0.1) is 0 Å². The number of primary amides is 1. The minimum absolute atomic E-state index is 0.442. The Labute approximate surface area is 78.5 Å². The fraction of sp³-hybridized carbons (Fsp3) is 0.500. The molecule has 0 spiro atoms. The van der Waals surface area contributed by atoms with Crippen LogP contribution in [0.25, 0.3) is 0 Å². The summed E-state index contributed by atoms with van der Waals surface area (Å²) in [6.45, 7) is 4.05. The van der Waals surface area contributed by atoms with Gasteiger partial charge in [0.1, 0.15) is 6.04 Å². The van der Waals surface area contributed by atoms with Gasteiger partial charge in [-0.05, 0) is 37.8 Å². The molecule has 0 aromatic heterocycles. The number of amides is 1. The summed E-state index contributed by atoms with van der Waals surface area (Å²) in [5, 5.41) is 0. The summed E-state index contributed by atoms with van der Waals surface area (Å²) in [5.74, 6) is -0.442. The van der Waals surface area contributed by atoms with E-state index in [2.05, 4.69) is 13.0 Å². The van der Waals surface area contributed by atoms with Gasteiger partial charge in [0.15, 0.2) is 0 Å². The number of hydrogen-bond donors (Lipinski definition) is 2. The highest BCUT2D eigenvalue weighted by Gasteiger charge is 2.19. The monoisotopic (exact) mass is 180 g/mol. The molecule has 0 heterocycles. The second-order valence-electron chi connectivity index (χ2n) is 3.58. The molecule has 72 valence electrons. The Morgan fingerprint density at radius 3 is 2.54 bits per heavy atom. The van der Waals surface area contributed by atoms with Crippen molar-refractivity contribution >= 4 is 5.91 Å². The molecule has 1 aliphatic rings. The van der Waals surface area contributed by atoms with E-state index in [0.717, 1.165) is 24.0 Å². The Balaban J connectivity index is 2.92. The Bertz CT molecular complexity index is 289. The van der Waals surface area contributed by atoms with Crippen LogP contribution in [0.15, 0.2) is 22.8 Å². The maximum Gasteiger partial charge on any atom is 0.238 e. The summed E-state index contributed by atoms with van der Waals surface area (Å²) in [6, 6.07) is -0.607. The molecule has 3 heteroatoms. The molecule has 0 aromatic carbocycles. The van der Waals surface area contributed by atoms with Gasteiger partial charge >= 0.3 is 0 Å². The van der Waals surface area contributed by atoms with Crippen LogP contribution >= 0.6 is 0 Å². The summed E-state index contributed by atoms with van der Waals surface area (Å²) in [7, 11) is 0. The van der Waals surface area contributed by atoms with Crippen LogP contribution in [-0.2, 0) is 4.79 Å². The van der Waals surface area contributed by atoms with Crippen LogP contribution in [0.2, 0.25) is 0 Å². The lowest BCUT2D eigenvalue weighted by atomic mass is 9.89. The molecule has 0 saturated heterocycles. The van der Waals surface area contributed by atoms with E-state index >= 15 is 0 Å². The number of carbonyl (C=O) groups excluding carboxylic acids is 1. The highest BCUT2D eigenvalue weighted by molar-refractivity contribution is 5.83. The third-order valence-electron chi connectivity index (χ3n) is 2.44. The van der Waals surface area contributed by atoms with E-state index in [9.17, 15) is 4.79 Å². The molecular formula is C10H16N2O. The van der Waals surface area contributed by atoms with Crippen molar-refractivity contribution in [3.8, 4) is 0 Å². The van der Waals surface area contributed by atoms with Crippen LogP contribution in [-0.4, -0.2) is 11.9 Å². The zero-order chi connectivity index (χ0) is 10.0. The van der Waals surface area contributed by atoms with E-state index in [4.69, 9.17) is 11.5 Å². The van der Waals surface area contributed by atoms with Crippen LogP contribution in [0.5, 0.6) is 0 Å². The molecule has 0 bridgehead atoms. The first-order chi connectivity index (χ1) is 6.02. The van der Waals surface area contributed by atoms with Crippen molar-refractivity contribution in [1.29, 1.82) is 0 Å². The van der Waals surface area contributed by atoms with Gasteiger partial charge in [0, 0.05) is 0 Å². The maximum absolute atomic E-state index is 10.9. The SMILES string of the molecule is CC1=CC(C)=C(C(N)C(N)=O)CC1.